The van der Waals surface area contributed by atoms with Crippen LogP contribution in [0, 0.1) is 5.92 Å². The second-order valence-electron chi connectivity index (χ2n) is 9.37. The lowest BCUT2D eigenvalue weighted by Crippen LogP contribution is -2.37. The van der Waals surface area contributed by atoms with Crippen LogP contribution in [0.3, 0.4) is 0 Å². The minimum Gasteiger partial charge on any atom is -0.356 e. The smallest absolute Gasteiger partial charge is 0.240 e. The summed E-state index contributed by atoms with van der Waals surface area (Å²) in [6, 6.07) is 7.75. The summed E-state index contributed by atoms with van der Waals surface area (Å²) < 4.78 is -0.756. The van der Waals surface area contributed by atoms with Gasteiger partial charge < -0.3 is 10.6 Å². The molecule has 0 saturated carbocycles. The second-order valence-corrected chi connectivity index (χ2v) is 10.4. The Morgan fingerprint density at radius 3 is 2.37 bits per heavy atom. The largest absolute Gasteiger partial charge is 0.356 e. The maximum atomic E-state index is 13.1. The number of hydrogen-bond acceptors (Lipinski definition) is 3. The summed E-state index contributed by atoms with van der Waals surface area (Å²) in [5.74, 6) is 0.0944. The number of amides is 2. The lowest BCUT2D eigenvalue weighted by Gasteiger charge is -2.26. The van der Waals surface area contributed by atoms with Crippen molar-refractivity contribution in [2.45, 2.75) is 95.6 Å². The molecule has 1 aliphatic heterocycles. The van der Waals surface area contributed by atoms with Gasteiger partial charge >= 0.3 is 0 Å². The van der Waals surface area contributed by atoms with Crippen molar-refractivity contribution in [3.05, 3.63) is 29.8 Å². The van der Waals surface area contributed by atoms with Gasteiger partial charge in [-0.25, -0.2) is 0 Å². The van der Waals surface area contributed by atoms with Crippen LogP contribution in [0.5, 0.6) is 0 Å². The average Bonchev–Trinajstić information content (AvgIpc) is 2.70. The maximum absolute atomic E-state index is 13.1. The van der Waals surface area contributed by atoms with Gasteiger partial charge in [-0.1, -0.05) is 77.0 Å². The molecule has 1 aromatic rings. The summed E-state index contributed by atoms with van der Waals surface area (Å²) in [6.07, 6.45) is 11.0. The van der Waals surface area contributed by atoms with E-state index in [0.717, 1.165) is 43.5 Å². The van der Waals surface area contributed by atoms with Crippen LogP contribution in [0.4, 0.5) is 5.69 Å². The van der Waals surface area contributed by atoms with Crippen LogP contribution in [0.25, 0.3) is 0 Å². The van der Waals surface area contributed by atoms with Gasteiger partial charge in [0.05, 0.1) is 10.7 Å². The Labute approximate surface area is 188 Å². The van der Waals surface area contributed by atoms with Crippen molar-refractivity contribution < 1.29 is 9.59 Å². The standard InChI is InChI=1S/C25H40N2O2S/c1-19(2)18-25(3,30)24(29)27-22-16-12-11-14-20(22)21-15-10-8-6-4-5-7-9-13-17-26-23(21)28/h11-12,14,16,19,21,30H,4-10,13,15,17-18H2,1-3H3,(H,26,28)(H,27,29). The van der Waals surface area contributed by atoms with Gasteiger partial charge in [0.2, 0.25) is 11.8 Å². The molecule has 0 bridgehead atoms. The number of para-hydroxylation sites is 1. The SMILES string of the molecule is CC(C)CC(C)(S)C(=O)Nc1ccccc1C1CCCCCCCCCCNC1=O. The van der Waals surface area contributed by atoms with Crippen LogP contribution in [-0.4, -0.2) is 23.1 Å². The molecule has 1 heterocycles. The third kappa shape index (κ3) is 7.98. The topological polar surface area (TPSA) is 58.2 Å². The molecular formula is C25H40N2O2S. The monoisotopic (exact) mass is 432 g/mol. The molecule has 2 unspecified atom stereocenters. The van der Waals surface area contributed by atoms with Crippen molar-refractivity contribution in [1.82, 2.24) is 5.32 Å². The fraction of sp³-hybridized carbons (Fsp3) is 0.680. The highest BCUT2D eigenvalue weighted by molar-refractivity contribution is 7.82. The van der Waals surface area contributed by atoms with Crippen LogP contribution < -0.4 is 10.6 Å². The molecule has 2 amide bonds. The fourth-order valence-electron chi connectivity index (χ4n) is 4.36. The predicted molar refractivity (Wildman–Crippen MR) is 129 cm³/mol. The summed E-state index contributed by atoms with van der Waals surface area (Å²) in [6.45, 7) is 6.77. The first-order valence-corrected chi connectivity index (χ1v) is 12.2. The lowest BCUT2D eigenvalue weighted by molar-refractivity contribution is -0.123. The van der Waals surface area contributed by atoms with Crippen LogP contribution in [0.2, 0.25) is 0 Å². The molecular weight excluding hydrogens is 392 g/mol. The molecule has 0 aromatic heterocycles. The molecule has 0 aliphatic carbocycles. The zero-order valence-corrected chi connectivity index (χ0v) is 19.9. The molecule has 0 radical (unpaired) electrons. The summed E-state index contributed by atoms with van der Waals surface area (Å²) in [4.78, 5) is 26.0. The van der Waals surface area contributed by atoms with Gasteiger partial charge in [0.1, 0.15) is 0 Å². The van der Waals surface area contributed by atoms with Gasteiger partial charge in [-0.3, -0.25) is 9.59 Å². The first-order chi connectivity index (χ1) is 14.3. The van der Waals surface area contributed by atoms with Crippen molar-refractivity contribution in [1.29, 1.82) is 0 Å². The molecule has 4 nitrogen and oxygen atoms in total. The van der Waals surface area contributed by atoms with Crippen LogP contribution in [-0.2, 0) is 9.59 Å². The second kappa shape index (κ2) is 12.4. The summed E-state index contributed by atoms with van der Waals surface area (Å²) >= 11 is 4.63. The minimum atomic E-state index is -0.756. The van der Waals surface area contributed by atoms with Gasteiger partial charge in [-0.2, -0.15) is 12.6 Å². The average molecular weight is 433 g/mol. The quantitative estimate of drug-likeness (QED) is 0.494. The van der Waals surface area contributed by atoms with E-state index in [2.05, 4.69) is 37.1 Å². The molecule has 1 aliphatic rings. The van der Waals surface area contributed by atoms with Gasteiger partial charge in [0, 0.05) is 12.2 Å². The van der Waals surface area contributed by atoms with Crippen molar-refractivity contribution in [3.63, 3.8) is 0 Å². The summed E-state index contributed by atoms with van der Waals surface area (Å²) in [7, 11) is 0. The van der Waals surface area contributed by atoms with Crippen molar-refractivity contribution >= 4 is 30.1 Å². The number of thiol groups is 1. The molecule has 2 rings (SSSR count). The van der Waals surface area contributed by atoms with E-state index in [4.69, 9.17) is 0 Å². The molecule has 2 atom stereocenters. The first-order valence-electron chi connectivity index (χ1n) is 11.7. The van der Waals surface area contributed by atoms with Crippen molar-refractivity contribution in [2.75, 3.05) is 11.9 Å². The third-order valence-corrected chi connectivity index (χ3v) is 6.30. The van der Waals surface area contributed by atoms with Crippen molar-refractivity contribution in [3.8, 4) is 0 Å². The minimum absolute atomic E-state index is 0.0757. The Morgan fingerprint density at radius 1 is 1.10 bits per heavy atom. The van der Waals surface area contributed by atoms with Gasteiger partial charge in [0.25, 0.3) is 0 Å². The van der Waals surface area contributed by atoms with Gasteiger partial charge in [0.15, 0.2) is 0 Å². The molecule has 168 valence electrons. The Balaban J connectivity index is 2.20. The molecule has 1 aromatic carbocycles. The fourth-order valence-corrected chi connectivity index (χ4v) is 4.78. The zero-order chi connectivity index (χ0) is 22.0. The van der Waals surface area contributed by atoms with E-state index < -0.39 is 4.75 Å². The van der Waals surface area contributed by atoms with Crippen LogP contribution in [0.1, 0.15) is 96.5 Å². The Bertz CT molecular complexity index is 687. The van der Waals surface area contributed by atoms with E-state index in [-0.39, 0.29) is 17.7 Å². The van der Waals surface area contributed by atoms with Crippen molar-refractivity contribution in [2.24, 2.45) is 5.92 Å². The Kier molecular flexibility index (Phi) is 10.2. The highest BCUT2D eigenvalue weighted by Crippen LogP contribution is 2.32. The van der Waals surface area contributed by atoms with E-state index in [9.17, 15) is 9.59 Å². The number of anilines is 1. The molecule has 1 saturated heterocycles. The highest BCUT2D eigenvalue weighted by Gasteiger charge is 2.31. The number of carbonyl (C=O) groups is 2. The number of rotatable bonds is 5. The maximum Gasteiger partial charge on any atom is 0.240 e. The summed E-state index contributed by atoms with van der Waals surface area (Å²) in [5.41, 5.74) is 1.64. The third-order valence-electron chi connectivity index (χ3n) is 5.91. The van der Waals surface area contributed by atoms with Gasteiger partial charge in [-0.15, -0.1) is 0 Å². The number of carbonyl (C=O) groups excluding carboxylic acids is 2. The van der Waals surface area contributed by atoms with E-state index in [0.29, 0.717) is 12.3 Å². The number of hydrogen-bond donors (Lipinski definition) is 3. The van der Waals surface area contributed by atoms with E-state index in [1.54, 1.807) is 0 Å². The number of benzene rings is 1. The molecule has 1 fully saturated rings. The molecule has 2 N–H and O–H groups in total. The van der Waals surface area contributed by atoms with Crippen LogP contribution in [0.15, 0.2) is 24.3 Å². The molecule has 30 heavy (non-hydrogen) atoms. The Hall–Kier alpha value is -1.49. The van der Waals surface area contributed by atoms with E-state index in [1.165, 1.54) is 32.1 Å². The van der Waals surface area contributed by atoms with E-state index >= 15 is 0 Å². The summed E-state index contributed by atoms with van der Waals surface area (Å²) in [5, 5.41) is 6.21. The first kappa shape index (κ1) is 24.8. The molecule has 0 spiro atoms. The zero-order valence-electron chi connectivity index (χ0n) is 19.0. The highest BCUT2D eigenvalue weighted by atomic mass is 32.1. The van der Waals surface area contributed by atoms with Gasteiger partial charge in [-0.05, 0) is 43.7 Å². The molecule has 5 heteroatoms. The number of nitrogens with one attached hydrogen (secondary N) is 2. The normalized spacial score (nSPS) is 21.5. The lowest BCUT2D eigenvalue weighted by atomic mass is 9.90. The van der Waals surface area contributed by atoms with E-state index in [1.807, 2.05) is 31.2 Å². The Morgan fingerprint density at radius 2 is 1.70 bits per heavy atom. The van der Waals surface area contributed by atoms with Crippen LogP contribution >= 0.6 is 12.6 Å². The predicted octanol–water partition coefficient (Wildman–Crippen LogP) is 6.08.